The van der Waals surface area contributed by atoms with Crippen molar-refractivity contribution >= 4 is 11.1 Å². The van der Waals surface area contributed by atoms with Crippen LogP contribution in [-0.2, 0) is 6.54 Å². The summed E-state index contributed by atoms with van der Waals surface area (Å²) in [4.78, 5) is 14.4. The van der Waals surface area contributed by atoms with Crippen LogP contribution in [0.3, 0.4) is 0 Å². The molecule has 0 unspecified atom stereocenters. The molecule has 2 aliphatic rings. The van der Waals surface area contributed by atoms with Gasteiger partial charge >= 0.3 is 5.76 Å². The molecule has 0 aliphatic carbocycles. The molecule has 2 atom stereocenters. The fourth-order valence-corrected chi connectivity index (χ4v) is 3.79. The highest BCUT2D eigenvalue weighted by Gasteiger charge is 2.33. The van der Waals surface area contributed by atoms with Gasteiger partial charge in [0.25, 0.3) is 0 Å². The summed E-state index contributed by atoms with van der Waals surface area (Å²) in [5.41, 5.74) is 1.58. The highest BCUT2D eigenvalue weighted by Crippen LogP contribution is 2.24. The lowest BCUT2D eigenvalue weighted by Gasteiger charge is -2.24. The van der Waals surface area contributed by atoms with E-state index in [0.717, 1.165) is 37.6 Å². The molecule has 21 heavy (non-hydrogen) atoms. The van der Waals surface area contributed by atoms with Crippen molar-refractivity contribution in [3.05, 3.63) is 34.8 Å². The molecule has 1 N–H and O–H groups in total. The quantitative estimate of drug-likeness (QED) is 0.924. The molecule has 5 nitrogen and oxygen atoms in total. The normalized spacial score (nSPS) is 26.3. The lowest BCUT2D eigenvalue weighted by atomic mass is 9.94. The van der Waals surface area contributed by atoms with Gasteiger partial charge in [0.15, 0.2) is 5.58 Å². The van der Waals surface area contributed by atoms with Crippen LogP contribution in [0.25, 0.3) is 11.1 Å². The molecule has 0 saturated carbocycles. The zero-order valence-electron chi connectivity index (χ0n) is 12.1. The minimum absolute atomic E-state index is 0.245. The van der Waals surface area contributed by atoms with Crippen molar-refractivity contribution in [2.75, 3.05) is 26.2 Å². The second-order valence-electron chi connectivity index (χ2n) is 6.21. The van der Waals surface area contributed by atoms with Gasteiger partial charge in [0.05, 0.1) is 5.52 Å². The van der Waals surface area contributed by atoms with Crippen LogP contribution in [0.4, 0.5) is 0 Å². The molecule has 2 aliphatic heterocycles. The number of likely N-dealkylation sites (tertiary alicyclic amines) is 1. The Hall–Kier alpha value is -1.59. The molecule has 3 heterocycles. The average Bonchev–Trinajstić information content (AvgIpc) is 3.04. The van der Waals surface area contributed by atoms with Gasteiger partial charge in [0, 0.05) is 32.2 Å². The van der Waals surface area contributed by atoms with E-state index in [1.54, 1.807) is 4.57 Å². The highest BCUT2D eigenvalue weighted by molar-refractivity contribution is 5.72. The van der Waals surface area contributed by atoms with E-state index < -0.39 is 0 Å². The number of fused-ring (bicyclic) bond motifs is 2. The maximum absolute atomic E-state index is 12.0. The van der Waals surface area contributed by atoms with Crippen LogP contribution in [0.15, 0.2) is 33.5 Å². The largest absolute Gasteiger partial charge is 0.419 e. The van der Waals surface area contributed by atoms with E-state index in [2.05, 4.69) is 10.2 Å². The minimum atomic E-state index is -0.245. The Kier molecular flexibility index (Phi) is 3.31. The van der Waals surface area contributed by atoms with E-state index in [1.165, 1.54) is 12.8 Å². The molecule has 2 saturated heterocycles. The molecule has 0 bridgehead atoms. The summed E-state index contributed by atoms with van der Waals surface area (Å²) in [6.45, 7) is 5.03. The van der Waals surface area contributed by atoms with Gasteiger partial charge < -0.3 is 9.73 Å². The smallest absolute Gasteiger partial charge is 0.408 e. The summed E-state index contributed by atoms with van der Waals surface area (Å²) in [7, 11) is 0. The van der Waals surface area contributed by atoms with Crippen molar-refractivity contribution in [3.63, 3.8) is 0 Å². The predicted molar refractivity (Wildman–Crippen MR) is 81.4 cm³/mol. The summed E-state index contributed by atoms with van der Waals surface area (Å²) in [6, 6.07) is 8.29. The van der Waals surface area contributed by atoms with Crippen molar-refractivity contribution < 1.29 is 4.42 Å². The minimum Gasteiger partial charge on any atom is -0.408 e. The number of hydrogen-bond acceptors (Lipinski definition) is 4. The third-order valence-corrected chi connectivity index (χ3v) is 4.89. The van der Waals surface area contributed by atoms with Gasteiger partial charge in [-0.25, -0.2) is 4.79 Å². The Morgan fingerprint density at radius 2 is 2.14 bits per heavy atom. The van der Waals surface area contributed by atoms with Crippen LogP contribution in [0.2, 0.25) is 0 Å². The summed E-state index contributed by atoms with van der Waals surface area (Å²) in [6.07, 6.45) is 2.63. The Morgan fingerprint density at radius 3 is 3.05 bits per heavy atom. The summed E-state index contributed by atoms with van der Waals surface area (Å²) in [5.74, 6) is 0.544. The predicted octanol–water partition coefficient (Wildman–Crippen LogP) is 1.28. The van der Waals surface area contributed by atoms with Gasteiger partial charge in [-0.15, -0.1) is 0 Å². The third-order valence-electron chi connectivity index (χ3n) is 4.89. The second kappa shape index (κ2) is 5.31. The first-order valence-corrected chi connectivity index (χ1v) is 7.85. The van der Waals surface area contributed by atoms with Crippen LogP contribution < -0.4 is 11.1 Å². The van der Waals surface area contributed by atoms with E-state index in [-0.39, 0.29) is 5.76 Å². The molecule has 0 radical (unpaired) electrons. The van der Waals surface area contributed by atoms with Crippen LogP contribution >= 0.6 is 0 Å². The summed E-state index contributed by atoms with van der Waals surface area (Å²) >= 11 is 0. The van der Waals surface area contributed by atoms with Crippen molar-refractivity contribution in [2.45, 2.75) is 25.4 Å². The van der Waals surface area contributed by atoms with Gasteiger partial charge in [-0.3, -0.25) is 9.47 Å². The lowest BCUT2D eigenvalue weighted by Crippen LogP contribution is -2.40. The summed E-state index contributed by atoms with van der Waals surface area (Å²) < 4.78 is 7.04. The lowest BCUT2D eigenvalue weighted by molar-refractivity contribution is 0.303. The Labute approximate surface area is 123 Å². The number of rotatable bonds is 3. The van der Waals surface area contributed by atoms with E-state index in [4.69, 9.17) is 4.42 Å². The fourth-order valence-electron chi connectivity index (χ4n) is 3.79. The maximum atomic E-state index is 12.0. The number of para-hydroxylation sites is 2. The maximum Gasteiger partial charge on any atom is 0.419 e. The number of piperidine rings is 1. The zero-order chi connectivity index (χ0) is 14.2. The molecule has 4 rings (SSSR count). The molecule has 0 spiro atoms. The molecule has 112 valence electrons. The Morgan fingerprint density at radius 1 is 1.24 bits per heavy atom. The Balaban J connectivity index is 1.47. The molecule has 1 aromatic heterocycles. The van der Waals surface area contributed by atoms with Gasteiger partial charge in [-0.2, -0.15) is 0 Å². The van der Waals surface area contributed by atoms with Crippen LogP contribution in [-0.4, -0.2) is 41.7 Å². The van der Waals surface area contributed by atoms with E-state index >= 15 is 0 Å². The standard InChI is InChI=1S/C16H21N3O2/c20-16-19(14-5-1-2-6-15(14)21-16)9-8-18-10-12-4-3-7-17-13(12)11-18/h1-2,5-6,12-13,17H,3-4,7-11H2/t12-,13+/m0/s1. The molecular weight excluding hydrogens is 266 g/mol. The first kappa shape index (κ1) is 13.1. The van der Waals surface area contributed by atoms with Gasteiger partial charge in [-0.05, 0) is 37.4 Å². The van der Waals surface area contributed by atoms with Crippen LogP contribution in [0.5, 0.6) is 0 Å². The molecule has 1 aromatic carbocycles. The zero-order valence-corrected chi connectivity index (χ0v) is 12.1. The van der Waals surface area contributed by atoms with Gasteiger partial charge in [-0.1, -0.05) is 12.1 Å². The first-order chi connectivity index (χ1) is 10.3. The topological polar surface area (TPSA) is 50.4 Å². The average molecular weight is 287 g/mol. The van der Waals surface area contributed by atoms with Crippen LogP contribution in [0.1, 0.15) is 12.8 Å². The molecular formula is C16H21N3O2. The monoisotopic (exact) mass is 287 g/mol. The van der Waals surface area contributed by atoms with E-state index in [9.17, 15) is 4.79 Å². The molecule has 5 heteroatoms. The molecule has 2 fully saturated rings. The van der Waals surface area contributed by atoms with Crippen molar-refractivity contribution in [1.29, 1.82) is 0 Å². The number of oxazole rings is 1. The Bertz CT molecular complexity index is 676. The molecule has 2 aromatic rings. The second-order valence-corrected chi connectivity index (χ2v) is 6.21. The van der Waals surface area contributed by atoms with Crippen molar-refractivity contribution in [2.24, 2.45) is 5.92 Å². The fraction of sp³-hybridized carbons (Fsp3) is 0.562. The SMILES string of the molecule is O=c1oc2ccccc2n1CCN1C[C@@H]2CCCN[C@@H]2C1. The van der Waals surface area contributed by atoms with Crippen LogP contribution in [0, 0.1) is 5.92 Å². The van der Waals surface area contributed by atoms with E-state index in [1.807, 2.05) is 24.3 Å². The van der Waals surface area contributed by atoms with Crippen molar-refractivity contribution in [3.8, 4) is 0 Å². The van der Waals surface area contributed by atoms with Gasteiger partial charge in [0.2, 0.25) is 0 Å². The first-order valence-electron chi connectivity index (χ1n) is 7.85. The number of benzene rings is 1. The van der Waals surface area contributed by atoms with E-state index in [0.29, 0.717) is 18.2 Å². The third kappa shape index (κ3) is 2.40. The number of nitrogens with one attached hydrogen (secondary N) is 1. The molecule has 0 amide bonds. The number of nitrogens with zero attached hydrogens (tertiary/aromatic N) is 2. The highest BCUT2D eigenvalue weighted by atomic mass is 16.4. The number of hydrogen-bond donors (Lipinski definition) is 1. The summed E-state index contributed by atoms with van der Waals surface area (Å²) in [5, 5.41) is 3.62. The van der Waals surface area contributed by atoms with Crippen molar-refractivity contribution in [1.82, 2.24) is 14.8 Å². The number of aromatic nitrogens is 1. The van der Waals surface area contributed by atoms with Gasteiger partial charge in [0.1, 0.15) is 0 Å².